The highest BCUT2D eigenvalue weighted by molar-refractivity contribution is 5.98. The molecule has 1 N–H and O–H groups in total. The number of hydrogen-bond donors (Lipinski definition) is 1. The minimum atomic E-state index is -0.342. The summed E-state index contributed by atoms with van der Waals surface area (Å²) in [6.07, 6.45) is 2.38. The van der Waals surface area contributed by atoms with E-state index >= 15 is 0 Å². The first-order valence-electron chi connectivity index (χ1n) is 7.27. The molecule has 0 radical (unpaired) electrons. The van der Waals surface area contributed by atoms with Crippen molar-refractivity contribution in [3.63, 3.8) is 0 Å². The van der Waals surface area contributed by atoms with E-state index in [0.717, 1.165) is 13.0 Å². The van der Waals surface area contributed by atoms with Crippen LogP contribution in [-0.4, -0.2) is 23.1 Å². The second-order valence-corrected chi connectivity index (χ2v) is 5.73. The lowest BCUT2D eigenvalue weighted by atomic mass is 9.79. The minimum Gasteiger partial charge on any atom is -0.413 e. The third-order valence-electron chi connectivity index (χ3n) is 4.28. The van der Waals surface area contributed by atoms with Gasteiger partial charge in [-0.25, -0.2) is 0 Å². The van der Waals surface area contributed by atoms with Crippen LogP contribution in [0.25, 0.3) is 0 Å². The summed E-state index contributed by atoms with van der Waals surface area (Å²) < 4.78 is 6.27. The molecule has 1 fully saturated rings. The molecule has 3 heteroatoms. The zero-order valence-electron chi connectivity index (χ0n) is 11.9. The van der Waals surface area contributed by atoms with E-state index in [-0.39, 0.29) is 5.60 Å². The maximum atomic E-state index is 6.27. The lowest BCUT2D eigenvalue weighted by Gasteiger charge is -2.39. The average molecular weight is 283 g/mol. The zero-order chi connectivity index (χ0) is 13.8. The predicted molar refractivity (Wildman–Crippen MR) is 85.7 cm³/mol. The summed E-state index contributed by atoms with van der Waals surface area (Å²) in [5, 5.41) is 3.64. The molecule has 2 aromatic rings. The summed E-state index contributed by atoms with van der Waals surface area (Å²) >= 11 is 0. The summed E-state index contributed by atoms with van der Waals surface area (Å²) in [7, 11) is 0.711. The summed E-state index contributed by atoms with van der Waals surface area (Å²) in [5.74, 6) is 0. The van der Waals surface area contributed by atoms with Crippen LogP contribution in [-0.2, 0) is 10.0 Å². The zero-order valence-corrected chi connectivity index (χ0v) is 13.9. The van der Waals surface area contributed by atoms with Crippen molar-refractivity contribution in [2.75, 3.05) is 6.54 Å². The van der Waals surface area contributed by atoms with E-state index in [1.165, 1.54) is 17.5 Å². The second-order valence-electron chi connectivity index (χ2n) is 5.32. The molecule has 3 rings (SSSR count). The molecule has 0 amide bonds. The van der Waals surface area contributed by atoms with E-state index < -0.39 is 0 Å². The van der Waals surface area contributed by atoms with Crippen LogP contribution in [0.2, 0.25) is 0 Å². The predicted octanol–water partition coefficient (Wildman–Crippen LogP) is 1.98. The second kappa shape index (κ2) is 5.91. The fraction of sp³-hybridized carbons (Fsp3) is 0.294. The molecule has 1 atom stereocenters. The SMILES string of the molecule is [SiH3]OC(c1ccccc1)(c1ccccc1)[C@@H]1CCCN1. The van der Waals surface area contributed by atoms with Gasteiger partial charge in [-0.2, -0.15) is 0 Å². The molecular weight excluding hydrogens is 262 g/mol. The van der Waals surface area contributed by atoms with Gasteiger partial charge in [-0.05, 0) is 30.5 Å². The lowest BCUT2D eigenvalue weighted by Crippen LogP contribution is -2.48. The maximum absolute atomic E-state index is 6.27. The van der Waals surface area contributed by atoms with Crippen LogP contribution < -0.4 is 5.32 Å². The molecule has 0 aromatic heterocycles. The Hall–Kier alpha value is -1.42. The Morgan fingerprint density at radius 3 is 1.90 bits per heavy atom. The van der Waals surface area contributed by atoms with Crippen LogP contribution >= 0.6 is 0 Å². The molecule has 20 heavy (non-hydrogen) atoms. The van der Waals surface area contributed by atoms with Gasteiger partial charge in [0, 0.05) is 6.04 Å². The third kappa shape index (κ3) is 2.22. The van der Waals surface area contributed by atoms with E-state index in [9.17, 15) is 0 Å². The van der Waals surface area contributed by atoms with Crippen LogP contribution in [0.1, 0.15) is 24.0 Å². The standard InChI is InChI=1S/C17H21NOSi/c20-19-17(16-12-7-13-18-16,14-8-3-1-4-9-14)15-10-5-2-6-11-15/h1-6,8-11,16,18H,7,12-13H2,20H3/t16-/m0/s1. The Bertz CT molecular complexity index is 498. The van der Waals surface area contributed by atoms with Gasteiger partial charge in [-0.1, -0.05) is 60.7 Å². The van der Waals surface area contributed by atoms with Gasteiger partial charge in [0.15, 0.2) is 0 Å². The van der Waals surface area contributed by atoms with E-state index in [1.54, 1.807) is 0 Å². The van der Waals surface area contributed by atoms with Crippen molar-refractivity contribution in [2.24, 2.45) is 0 Å². The van der Waals surface area contributed by atoms with Gasteiger partial charge in [0.1, 0.15) is 16.1 Å². The number of benzene rings is 2. The molecule has 0 spiro atoms. The molecule has 1 aliphatic rings. The largest absolute Gasteiger partial charge is 0.413 e. The minimum absolute atomic E-state index is 0.342. The van der Waals surface area contributed by atoms with Crippen molar-refractivity contribution in [1.82, 2.24) is 5.32 Å². The van der Waals surface area contributed by atoms with Crippen molar-refractivity contribution in [2.45, 2.75) is 24.5 Å². The van der Waals surface area contributed by atoms with Crippen molar-refractivity contribution in [3.05, 3.63) is 71.8 Å². The van der Waals surface area contributed by atoms with Gasteiger partial charge in [0.25, 0.3) is 0 Å². The molecule has 1 aliphatic heterocycles. The molecule has 0 saturated carbocycles. The quantitative estimate of drug-likeness (QED) is 0.866. The van der Waals surface area contributed by atoms with Gasteiger partial charge in [-0.3, -0.25) is 0 Å². The van der Waals surface area contributed by atoms with E-state index in [4.69, 9.17) is 4.43 Å². The number of hydrogen-bond acceptors (Lipinski definition) is 2. The Morgan fingerprint density at radius 2 is 1.50 bits per heavy atom. The highest BCUT2D eigenvalue weighted by atomic mass is 28.2. The Balaban J connectivity index is 2.15. The monoisotopic (exact) mass is 283 g/mol. The first-order valence-corrected chi connectivity index (χ1v) is 8.09. The molecule has 0 unspecified atom stereocenters. The van der Waals surface area contributed by atoms with Crippen molar-refractivity contribution in [1.29, 1.82) is 0 Å². The Morgan fingerprint density at radius 1 is 0.950 bits per heavy atom. The summed E-state index contributed by atoms with van der Waals surface area (Å²) in [6.45, 7) is 1.08. The van der Waals surface area contributed by atoms with Crippen molar-refractivity contribution < 1.29 is 4.43 Å². The Labute approximate surface area is 123 Å². The van der Waals surface area contributed by atoms with Gasteiger partial charge in [-0.15, -0.1) is 0 Å². The van der Waals surface area contributed by atoms with Crippen molar-refractivity contribution in [3.8, 4) is 0 Å². The van der Waals surface area contributed by atoms with Crippen molar-refractivity contribution >= 4 is 10.5 Å². The van der Waals surface area contributed by atoms with E-state index in [2.05, 4.69) is 66.0 Å². The van der Waals surface area contributed by atoms with Crippen LogP contribution in [0.4, 0.5) is 0 Å². The van der Waals surface area contributed by atoms with E-state index in [1.807, 2.05) is 0 Å². The van der Waals surface area contributed by atoms with Gasteiger partial charge in [0.05, 0.1) is 0 Å². The highest BCUT2D eigenvalue weighted by Gasteiger charge is 2.42. The summed E-state index contributed by atoms with van der Waals surface area (Å²) in [5.41, 5.74) is 2.16. The number of rotatable bonds is 4. The van der Waals surface area contributed by atoms with Gasteiger partial charge in [0.2, 0.25) is 0 Å². The fourth-order valence-corrected chi connectivity index (χ4v) is 4.11. The first kappa shape index (κ1) is 13.6. The Kier molecular flexibility index (Phi) is 4.01. The number of nitrogens with one attached hydrogen (secondary N) is 1. The molecule has 0 bridgehead atoms. The first-order chi connectivity index (χ1) is 9.88. The molecule has 1 heterocycles. The molecular formula is C17H21NOSi. The van der Waals surface area contributed by atoms with Crippen LogP contribution in [0, 0.1) is 0 Å². The van der Waals surface area contributed by atoms with Gasteiger partial charge >= 0.3 is 0 Å². The van der Waals surface area contributed by atoms with Gasteiger partial charge < -0.3 is 9.74 Å². The molecule has 104 valence electrons. The van der Waals surface area contributed by atoms with Crippen LogP contribution in [0.5, 0.6) is 0 Å². The topological polar surface area (TPSA) is 21.3 Å². The highest BCUT2D eigenvalue weighted by Crippen LogP contribution is 2.39. The van der Waals surface area contributed by atoms with E-state index in [0.29, 0.717) is 16.5 Å². The molecule has 0 aliphatic carbocycles. The molecule has 2 aromatic carbocycles. The fourth-order valence-electron chi connectivity index (χ4n) is 3.35. The molecule has 2 nitrogen and oxygen atoms in total. The maximum Gasteiger partial charge on any atom is 0.147 e. The summed E-state index contributed by atoms with van der Waals surface area (Å²) in [4.78, 5) is 0. The normalized spacial score (nSPS) is 19.3. The summed E-state index contributed by atoms with van der Waals surface area (Å²) in [6, 6.07) is 21.6. The lowest BCUT2D eigenvalue weighted by molar-refractivity contribution is 0.0834. The average Bonchev–Trinajstić information content (AvgIpc) is 3.06. The van der Waals surface area contributed by atoms with Crippen LogP contribution in [0.3, 0.4) is 0 Å². The third-order valence-corrected chi connectivity index (χ3v) is 4.92. The smallest absolute Gasteiger partial charge is 0.147 e. The van der Waals surface area contributed by atoms with Crippen LogP contribution in [0.15, 0.2) is 60.7 Å². The molecule has 1 saturated heterocycles.